The smallest absolute Gasteiger partial charge is 0.407 e. The number of hydrogen-bond acceptors (Lipinski definition) is 5. The zero-order valence-corrected chi connectivity index (χ0v) is 26.2. The molecule has 1 N–H and O–H groups in total. The largest absolute Gasteiger partial charge is 0.495 e. The highest BCUT2D eigenvalue weighted by Crippen LogP contribution is 2.50. The molecule has 2 saturated heterocycles. The molecule has 6 nitrogen and oxygen atoms in total. The van der Waals surface area contributed by atoms with Gasteiger partial charge in [0.25, 0.3) is 0 Å². The standard InChI is InChI=1S/C29H39ClN2O4.C2H6.C2H2/c1-17-10-8-9-11-22-16-24(35-28(33)31-22)20(4)27-29(5,36-27)18(2)13-19(3)32(6)23-14-21(12-17)15-25(34-7)26(23)30;2*1-2/h8-10,14-15,18,20,22,24,27H,3,11-13,16H2,1-2,4-7H3,(H,31,33);1-2H3;1-2H/b9-8+,17-10+;;/t18?,20-,22?,24?,27+,29+;;/m1../s1. The predicted molar refractivity (Wildman–Crippen MR) is 166 cm³/mol. The fourth-order valence-corrected chi connectivity index (χ4v) is 5.83. The van der Waals surface area contributed by atoms with Gasteiger partial charge in [-0.05, 0) is 56.7 Å². The van der Waals surface area contributed by atoms with Gasteiger partial charge in [0, 0.05) is 31.1 Å². The van der Waals surface area contributed by atoms with Gasteiger partial charge in [-0.25, -0.2) is 4.79 Å². The molecule has 1 amide bonds. The van der Waals surface area contributed by atoms with Gasteiger partial charge in [0.15, 0.2) is 0 Å². The molecule has 4 bridgehead atoms. The van der Waals surface area contributed by atoms with Gasteiger partial charge in [-0.15, -0.1) is 12.8 Å². The number of amides is 1. The van der Waals surface area contributed by atoms with E-state index in [4.69, 9.17) is 25.8 Å². The lowest BCUT2D eigenvalue weighted by Gasteiger charge is -2.33. The molecular formula is C33H47ClN2O4. The number of fused-ring (bicyclic) bond motifs is 5. The topological polar surface area (TPSA) is 63.3 Å². The van der Waals surface area contributed by atoms with Gasteiger partial charge in [0.05, 0.1) is 24.5 Å². The second-order valence-corrected chi connectivity index (χ2v) is 11.2. The molecule has 0 aromatic heterocycles. The normalized spacial score (nSPS) is 32.2. The number of carbonyl (C=O) groups is 1. The second-order valence-electron chi connectivity index (χ2n) is 10.8. The first kappa shape index (κ1) is 33.3. The molecular weight excluding hydrogens is 524 g/mol. The lowest BCUT2D eigenvalue weighted by Crippen LogP contribution is -2.48. The van der Waals surface area contributed by atoms with Crippen LogP contribution in [0.5, 0.6) is 5.75 Å². The molecule has 3 heterocycles. The van der Waals surface area contributed by atoms with Crippen molar-refractivity contribution in [3.05, 3.63) is 58.8 Å². The number of anilines is 1. The van der Waals surface area contributed by atoms with Crippen LogP contribution in [0.2, 0.25) is 5.02 Å². The Hall–Kier alpha value is -2.88. The van der Waals surface area contributed by atoms with E-state index in [0.29, 0.717) is 10.8 Å². The molecule has 1 aromatic carbocycles. The highest BCUT2D eigenvalue weighted by molar-refractivity contribution is 6.34. The lowest BCUT2D eigenvalue weighted by molar-refractivity contribution is 0.0221. The van der Waals surface area contributed by atoms with Crippen LogP contribution in [0.15, 0.2) is 48.2 Å². The Morgan fingerprint density at radius 3 is 2.58 bits per heavy atom. The number of allylic oxidation sites excluding steroid dienone is 4. The van der Waals surface area contributed by atoms with Crippen molar-refractivity contribution < 1.29 is 19.0 Å². The summed E-state index contributed by atoms with van der Waals surface area (Å²) in [6.45, 7) is 17.0. The Morgan fingerprint density at radius 1 is 1.25 bits per heavy atom. The zero-order valence-electron chi connectivity index (χ0n) is 25.4. The molecule has 7 heteroatoms. The van der Waals surface area contributed by atoms with E-state index in [9.17, 15) is 4.79 Å². The number of methoxy groups -OCH3 is 1. The first-order valence-corrected chi connectivity index (χ1v) is 14.5. The van der Waals surface area contributed by atoms with Crippen molar-refractivity contribution in [2.24, 2.45) is 11.8 Å². The van der Waals surface area contributed by atoms with Crippen molar-refractivity contribution in [1.82, 2.24) is 5.32 Å². The lowest BCUT2D eigenvalue weighted by atomic mass is 9.81. The van der Waals surface area contributed by atoms with E-state index in [1.807, 2.05) is 27.0 Å². The average molecular weight is 571 g/mol. The van der Waals surface area contributed by atoms with Crippen molar-refractivity contribution in [3.63, 3.8) is 0 Å². The summed E-state index contributed by atoms with van der Waals surface area (Å²) in [4.78, 5) is 14.4. The molecule has 0 spiro atoms. The Labute approximate surface area is 246 Å². The Balaban J connectivity index is 0.00000134. The highest BCUT2D eigenvalue weighted by Gasteiger charge is 2.60. The summed E-state index contributed by atoms with van der Waals surface area (Å²) in [5.74, 6) is 0.966. The average Bonchev–Trinajstić information content (AvgIpc) is 3.65. The number of nitrogens with one attached hydrogen (secondary N) is 1. The number of rotatable bonds is 1. The van der Waals surface area contributed by atoms with Gasteiger partial charge in [-0.2, -0.15) is 0 Å². The fourth-order valence-electron chi connectivity index (χ4n) is 5.52. The maximum atomic E-state index is 12.3. The number of epoxide rings is 1. The van der Waals surface area contributed by atoms with Crippen LogP contribution in [0, 0.1) is 24.7 Å². The van der Waals surface area contributed by atoms with E-state index >= 15 is 0 Å². The van der Waals surface area contributed by atoms with E-state index < -0.39 is 0 Å². The van der Waals surface area contributed by atoms with E-state index in [2.05, 4.69) is 81.6 Å². The van der Waals surface area contributed by atoms with Crippen LogP contribution in [0.4, 0.5) is 10.5 Å². The van der Waals surface area contributed by atoms with Crippen LogP contribution < -0.4 is 15.0 Å². The fraction of sp³-hybridized carbons (Fsp3) is 0.545. The summed E-state index contributed by atoms with van der Waals surface area (Å²) in [7, 11) is 3.64. The van der Waals surface area contributed by atoms with Gasteiger partial charge in [-0.3, -0.25) is 0 Å². The molecule has 1 aromatic rings. The minimum absolute atomic E-state index is 0.0253. The quantitative estimate of drug-likeness (QED) is 0.277. The van der Waals surface area contributed by atoms with E-state index in [1.165, 1.54) is 5.57 Å². The molecule has 0 aliphatic carbocycles. The van der Waals surface area contributed by atoms with Crippen molar-refractivity contribution in [3.8, 4) is 18.6 Å². The van der Waals surface area contributed by atoms with Crippen molar-refractivity contribution >= 4 is 23.4 Å². The molecule has 3 aliphatic rings. The second kappa shape index (κ2) is 14.7. The molecule has 40 heavy (non-hydrogen) atoms. The van der Waals surface area contributed by atoms with Gasteiger partial charge < -0.3 is 24.4 Å². The first-order valence-electron chi connectivity index (χ1n) is 14.1. The van der Waals surface area contributed by atoms with Crippen molar-refractivity contribution in [2.45, 2.75) is 91.1 Å². The first-order chi connectivity index (χ1) is 19.0. The molecule has 3 unspecified atom stereocenters. The SMILES string of the molecule is C#C.C=C1CC(C)[C@]2(C)O[C@H]2[C@H](C)C2CC(C/C=C/C=C(\C)Cc3cc(OC)c(Cl)c(c3)N1C)NC(=O)O2.CC. The minimum atomic E-state index is -0.343. The van der Waals surface area contributed by atoms with Gasteiger partial charge in [0.1, 0.15) is 16.9 Å². The molecule has 0 radical (unpaired) electrons. The maximum absolute atomic E-state index is 12.3. The number of ether oxygens (including phenoxy) is 3. The predicted octanol–water partition coefficient (Wildman–Crippen LogP) is 7.71. The van der Waals surface area contributed by atoms with Crippen molar-refractivity contribution in [2.75, 3.05) is 19.1 Å². The number of alkyl carbamates (subject to hydrolysis) is 1. The molecule has 2 fully saturated rings. The Kier molecular flexibility index (Phi) is 12.2. The van der Waals surface area contributed by atoms with Crippen molar-refractivity contribution in [1.29, 1.82) is 0 Å². The summed E-state index contributed by atoms with van der Waals surface area (Å²) in [5.41, 5.74) is 3.85. The van der Waals surface area contributed by atoms with E-state index in [1.54, 1.807) is 7.11 Å². The summed E-state index contributed by atoms with van der Waals surface area (Å²) < 4.78 is 17.6. The van der Waals surface area contributed by atoms with Crippen LogP contribution in [0.3, 0.4) is 0 Å². The number of halogens is 1. The third-order valence-corrected chi connectivity index (χ3v) is 8.51. The van der Waals surface area contributed by atoms with Gasteiger partial charge >= 0.3 is 6.09 Å². The third-order valence-electron chi connectivity index (χ3n) is 8.13. The number of carbonyl (C=O) groups excluding carboxylic acids is 1. The van der Waals surface area contributed by atoms with Crippen LogP contribution in [-0.4, -0.2) is 44.1 Å². The van der Waals surface area contributed by atoms with Crippen LogP contribution >= 0.6 is 11.6 Å². The minimum Gasteiger partial charge on any atom is -0.495 e. The number of benzene rings is 1. The summed E-state index contributed by atoms with van der Waals surface area (Å²) in [5, 5.41) is 3.55. The zero-order chi connectivity index (χ0) is 30.2. The van der Waals surface area contributed by atoms with E-state index in [-0.39, 0.29) is 41.8 Å². The molecule has 220 valence electrons. The van der Waals surface area contributed by atoms with Gasteiger partial charge in [0.2, 0.25) is 0 Å². The Bertz CT molecular complexity index is 1130. The highest BCUT2D eigenvalue weighted by atomic mass is 35.5. The summed E-state index contributed by atoms with van der Waals surface area (Å²) in [6.07, 6.45) is 16.8. The molecule has 3 aliphatic heterocycles. The number of hydrogen-bond donors (Lipinski definition) is 1. The number of nitrogens with zero attached hydrogens (tertiary/aromatic N) is 1. The number of terminal acetylenes is 1. The van der Waals surface area contributed by atoms with Crippen LogP contribution in [-0.2, 0) is 15.9 Å². The van der Waals surface area contributed by atoms with Gasteiger partial charge in [-0.1, -0.05) is 69.7 Å². The summed E-state index contributed by atoms with van der Waals surface area (Å²) in [6, 6.07) is 4.16. The molecule has 4 rings (SSSR count). The summed E-state index contributed by atoms with van der Waals surface area (Å²) >= 11 is 6.75. The molecule has 0 saturated carbocycles. The molecule has 6 atom stereocenters. The Morgan fingerprint density at radius 2 is 1.93 bits per heavy atom. The maximum Gasteiger partial charge on any atom is 0.407 e. The van der Waals surface area contributed by atoms with Crippen LogP contribution in [0.25, 0.3) is 0 Å². The monoisotopic (exact) mass is 570 g/mol. The van der Waals surface area contributed by atoms with E-state index in [0.717, 1.165) is 42.6 Å². The third kappa shape index (κ3) is 7.65. The van der Waals surface area contributed by atoms with Crippen LogP contribution in [0.1, 0.15) is 66.4 Å².